The number of benzene rings is 1. The lowest BCUT2D eigenvalue weighted by molar-refractivity contribution is -0.00677. The van der Waals surface area contributed by atoms with Crippen LogP contribution in [0.2, 0.25) is 0 Å². The molecular formula is C14H19F2NO. The van der Waals surface area contributed by atoms with Crippen molar-refractivity contribution in [3.05, 3.63) is 35.4 Å². The van der Waals surface area contributed by atoms with Gasteiger partial charge in [-0.25, -0.2) is 8.78 Å². The van der Waals surface area contributed by atoms with Crippen molar-refractivity contribution in [3.8, 4) is 0 Å². The second-order valence-corrected chi connectivity index (χ2v) is 5.27. The molecule has 0 saturated heterocycles. The number of nitrogens with zero attached hydrogens (tertiary/aromatic N) is 1. The van der Waals surface area contributed by atoms with E-state index >= 15 is 0 Å². The van der Waals surface area contributed by atoms with E-state index in [1.807, 2.05) is 19.0 Å². The molecule has 0 radical (unpaired) electrons. The topological polar surface area (TPSA) is 23.5 Å². The Morgan fingerprint density at radius 3 is 2.33 bits per heavy atom. The van der Waals surface area contributed by atoms with Gasteiger partial charge in [-0.1, -0.05) is 18.9 Å². The van der Waals surface area contributed by atoms with Gasteiger partial charge in [0.1, 0.15) is 17.7 Å². The lowest BCUT2D eigenvalue weighted by Gasteiger charge is -2.40. The second-order valence-electron chi connectivity index (χ2n) is 5.27. The predicted molar refractivity (Wildman–Crippen MR) is 66.2 cm³/mol. The highest BCUT2D eigenvalue weighted by Gasteiger charge is 2.44. The fourth-order valence-electron chi connectivity index (χ4n) is 2.97. The van der Waals surface area contributed by atoms with E-state index in [0.717, 1.165) is 31.7 Å². The molecule has 0 aromatic heterocycles. The lowest BCUT2D eigenvalue weighted by atomic mass is 9.84. The normalized spacial score (nSPS) is 20.3. The summed E-state index contributed by atoms with van der Waals surface area (Å²) in [5.41, 5.74) is -0.245. The Labute approximate surface area is 106 Å². The second kappa shape index (κ2) is 4.94. The van der Waals surface area contributed by atoms with E-state index in [1.54, 1.807) is 0 Å². The van der Waals surface area contributed by atoms with E-state index < -0.39 is 23.3 Å². The third-order valence-electron chi connectivity index (χ3n) is 4.13. The van der Waals surface area contributed by atoms with Crippen LogP contribution in [0.1, 0.15) is 37.4 Å². The third-order valence-corrected chi connectivity index (χ3v) is 4.13. The van der Waals surface area contributed by atoms with Gasteiger partial charge in [-0.15, -0.1) is 0 Å². The molecule has 1 N–H and O–H groups in total. The number of likely N-dealkylation sites (N-methyl/N-ethyl adjacent to an activating group) is 1. The number of halogens is 2. The maximum Gasteiger partial charge on any atom is 0.131 e. The molecule has 1 aliphatic rings. The van der Waals surface area contributed by atoms with Crippen LogP contribution >= 0.6 is 0 Å². The molecule has 18 heavy (non-hydrogen) atoms. The molecule has 0 heterocycles. The van der Waals surface area contributed by atoms with Crippen molar-refractivity contribution in [3.63, 3.8) is 0 Å². The molecule has 0 bridgehead atoms. The summed E-state index contributed by atoms with van der Waals surface area (Å²) in [6.07, 6.45) is 2.79. The maximum absolute atomic E-state index is 13.8. The van der Waals surface area contributed by atoms with Crippen molar-refractivity contribution in [1.82, 2.24) is 4.90 Å². The van der Waals surface area contributed by atoms with Gasteiger partial charge in [0.15, 0.2) is 0 Å². The Kier molecular flexibility index (Phi) is 3.69. The Morgan fingerprint density at radius 1 is 1.22 bits per heavy atom. The molecule has 0 aliphatic heterocycles. The van der Waals surface area contributed by atoms with E-state index in [9.17, 15) is 13.9 Å². The van der Waals surface area contributed by atoms with E-state index in [2.05, 4.69) is 0 Å². The van der Waals surface area contributed by atoms with Crippen LogP contribution in [0.3, 0.4) is 0 Å². The number of rotatable bonds is 3. The Morgan fingerprint density at radius 2 is 1.83 bits per heavy atom. The third kappa shape index (κ3) is 2.15. The van der Waals surface area contributed by atoms with E-state index in [4.69, 9.17) is 0 Å². The minimum Gasteiger partial charge on any atom is -0.386 e. The van der Waals surface area contributed by atoms with Crippen LogP contribution in [-0.4, -0.2) is 29.6 Å². The van der Waals surface area contributed by atoms with Gasteiger partial charge in [0.2, 0.25) is 0 Å². The van der Waals surface area contributed by atoms with Crippen LogP contribution in [0, 0.1) is 11.6 Å². The molecule has 1 aromatic carbocycles. The van der Waals surface area contributed by atoms with Crippen LogP contribution in [0.5, 0.6) is 0 Å². The summed E-state index contributed by atoms with van der Waals surface area (Å²) < 4.78 is 26.7. The minimum absolute atomic E-state index is 0.187. The van der Waals surface area contributed by atoms with Gasteiger partial charge < -0.3 is 10.0 Å². The number of hydrogen-bond acceptors (Lipinski definition) is 2. The molecule has 0 spiro atoms. The summed E-state index contributed by atoms with van der Waals surface area (Å²) in [5, 5.41) is 10.5. The SMILES string of the molecule is CN(C)C1(C(O)c2ccc(F)cc2F)CCCC1. The van der Waals surface area contributed by atoms with Gasteiger partial charge in [-0.3, -0.25) is 0 Å². The smallest absolute Gasteiger partial charge is 0.131 e. The van der Waals surface area contributed by atoms with Gasteiger partial charge in [0.05, 0.1) is 5.54 Å². The summed E-state index contributed by atoms with van der Waals surface area (Å²) >= 11 is 0. The van der Waals surface area contributed by atoms with Crippen molar-refractivity contribution < 1.29 is 13.9 Å². The van der Waals surface area contributed by atoms with Gasteiger partial charge in [-0.05, 0) is 33.0 Å². The van der Waals surface area contributed by atoms with Crippen molar-refractivity contribution in [1.29, 1.82) is 0 Å². The summed E-state index contributed by atoms with van der Waals surface area (Å²) in [7, 11) is 3.80. The van der Waals surface area contributed by atoms with E-state index in [0.29, 0.717) is 0 Å². The summed E-state index contributed by atoms with van der Waals surface area (Å²) in [6.45, 7) is 0. The molecule has 1 aliphatic carbocycles. The highest BCUT2D eigenvalue weighted by Crippen LogP contribution is 2.43. The van der Waals surface area contributed by atoms with Gasteiger partial charge >= 0.3 is 0 Å². The van der Waals surface area contributed by atoms with Gasteiger partial charge in [0.25, 0.3) is 0 Å². The maximum atomic E-state index is 13.8. The van der Waals surface area contributed by atoms with Crippen LogP contribution in [0.25, 0.3) is 0 Å². The molecule has 1 atom stereocenters. The van der Waals surface area contributed by atoms with Crippen molar-refractivity contribution in [2.45, 2.75) is 37.3 Å². The van der Waals surface area contributed by atoms with E-state index in [1.165, 1.54) is 12.1 Å². The average molecular weight is 255 g/mol. The van der Waals surface area contributed by atoms with Crippen LogP contribution < -0.4 is 0 Å². The van der Waals surface area contributed by atoms with Gasteiger partial charge in [-0.2, -0.15) is 0 Å². The highest BCUT2D eigenvalue weighted by molar-refractivity contribution is 5.25. The molecule has 1 fully saturated rings. The Hall–Kier alpha value is -1.00. The molecule has 1 saturated carbocycles. The highest BCUT2D eigenvalue weighted by atomic mass is 19.1. The fourth-order valence-corrected chi connectivity index (χ4v) is 2.97. The number of aliphatic hydroxyl groups is 1. The first-order valence-corrected chi connectivity index (χ1v) is 6.28. The van der Waals surface area contributed by atoms with Crippen molar-refractivity contribution in [2.75, 3.05) is 14.1 Å². The summed E-state index contributed by atoms with van der Waals surface area (Å²) in [4.78, 5) is 1.97. The molecule has 2 rings (SSSR count). The molecule has 100 valence electrons. The monoisotopic (exact) mass is 255 g/mol. The molecular weight excluding hydrogens is 236 g/mol. The molecule has 2 nitrogen and oxygen atoms in total. The lowest BCUT2D eigenvalue weighted by Crippen LogP contribution is -2.47. The largest absolute Gasteiger partial charge is 0.386 e. The fraction of sp³-hybridized carbons (Fsp3) is 0.571. The van der Waals surface area contributed by atoms with Crippen molar-refractivity contribution in [2.24, 2.45) is 0 Å². The first-order valence-electron chi connectivity index (χ1n) is 6.28. The average Bonchev–Trinajstić information content (AvgIpc) is 2.78. The number of aliphatic hydroxyl groups excluding tert-OH is 1. The molecule has 1 unspecified atom stereocenters. The zero-order chi connectivity index (χ0) is 13.3. The van der Waals surface area contributed by atoms with E-state index in [-0.39, 0.29) is 5.56 Å². The minimum atomic E-state index is -0.921. The molecule has 1 aromatic rings. The first-order chi connectivity index (χ1) is 8.47. The van der Waals surface area contributed by atoms with Gasteiger partial charge in [0, 0.05) is 11.6 Å². The quantitative estimate of drug-likeness (QED) is 0.897. The molecule has 0 amide bonds. The predicted octanol–water partition coefficient (Wildman–Crippen LogP) is 2.87. The summed E-state index contributed by atoms with van der Waals surface area (Å²) in [6, 6.07) is 3.37. The van der Waals surface area contributed by atoms with Crippen molar-refractivity contribution >= 4 is 0 Å². The summed E-state index contributed by atoms with van der Waals surface area (Å²) in [5.74, 6) is -1.29. The van der Waals surface area contributed by atoms with Crippen LogP contribution in [-0.2, 0) is 0 Å². The zero-order valence-electron chi connectivity index (χ0n) is 10.8. The number of hydrogen-bond donors (Lipinski definition) is 1. The molecule has 4 heteroatoms. The van der Waals surface area contributed by atoms with Crippen LogP contribution in [0.15, 0.2) is 18.2 Å². The van der Waals surface area contributed by atoms with Crippen LogP contribution in [0.4, 0.5) is 8.78 Å². The zero-order valence-corrected chi connectivity index (χ0v) is 10.8. The first kappa shape index (κ1) is 13.4. The Bertz CT molecular complexity index is 428. The standard InChI is InChI=1S/C14H19F2NO/c1-17(2)14(7-3-4-8-14)13(18)11-6-5-10(15)9-12(11)16/h5-6,9,13,18H,3-4,7-8H2,1-2H3. The Balaban J connectivity index is 2.37.